The van der Waals surface area contributed by atoms with Crippen molar-refractivity contribution in [3.63, 3.8) is 0 Å². The van der Waals surface area contributed by atoms with Crippen LogP contribution in [0.3, 0.4) is 0 Å². The minimum absolute atomic E-state index is 0.0776. The maximum Gasteiger partial charge on any atom is 0.417 e. The molecular weight excluding hydrogens is 257 g/mol. The third-order valence-electron chi connectivity index (χ3n) is 2.28. The first-order valence-electron chi connectivity index (χ1n) is 5.05. The van der Waals surface area contributed by atoms with E-state index in [4.69, 9.17) is 5.26 Å². The number of nitrogens with one attached hydrogen (secondary N) is 1. The van der Waals surface area contributed by atoms with E-state index in [1.54, 1.807) is 0 Å². The maximum absolute atomic E-state index is 12.8. The molecule has 0 spiro atoms. The first-order chi connectivity index (χ1) is 8.85. The Balaban J connectivity index is 3.67. The van der Waals surface area contributed by atoms with Gasteiger partial charge in [-0.1, -0.05) is 31.4 Å². The fourth-order valence-electron chi connectivity index (χ4n) is 1.44. The highest BCUT2D eigenvalue weighted by molar-refractivity contribution is 5.73. The fraction of sp³-hybridized carbons (Fsp3) is 0.0769. The van der Waals surface area contributed by atoms with Gasteiger partial charge in [0.1, 0.15) is 11.6 Å². The van der Waals surface area contributed by atoms with Crippen LogP contribution in [0.4, 0.5) is 13.2 Å². The summed E-state index contributed by atoms with van der Waals surface area (Å²) in [5, 5.41) is 8.63. The van der Waals surface area contributed by atoms with Crippen LogP contribution in [0.5, 0.6) is 0 Å². The van der Waals surface area contributed by atoms with Crippen LogP contribution in [0.2, 0.25) is 0 Å². The zero-order valence-electron chi connectivity index (χ0n) is 9.71. The van der Waals surface area contributed by atoms with E-state index in [1.807, 2.05) is 0 Å². The van der Waals surface area contributed by atoms with E-state index in [-0.39, 0.29) is 11.3 Å². The quantitative estimate of drug-likeness (QED) is 0.855. The summed E-state index contributed by atoms with van der Waals surface area (Å²) in [5.41, 5.74) is -3.14. The van der Waals surface area contributed by atoms with Crippen molar-refractivity contribution in [3.8, 4) is 6.07 Å². The van der Waals surface area contributed by atoms with Crippen molar-refractivity contribution in [1.82, 2.24) is 4.98 Å². The average Bonchev–Trinajstić information content (AvgIpc) is 2.33. The molecule has 1 heterocycles. The molecule has 0 aliphatic rings. The number of pyridine rings is 1. The van der Waals surface area contributed by atoms with Gasteiger partial charge in [0.2, 0.25) is 0 Å². The summed E-state index contributed by atoms with van der Waals surface area (Å²) in [5.74, 6) is 0. The number of halogens is 3. The Morgan fingerprint density at radius 3 is 2.47 bits per heavy atom. The number of nitrogens with zero attached hydrogens (tertiary/aromatic N) is 1. The Morgan fingerprint density at radius 2 is 2.05 bits per heavy atom. The van der Waals surface area contributed by atoms with E-state index < -0.39 is 22.9 Å². The van der Waals surface area contributed by atoms with Gasteiger partial charge >= 0.3 is 6.18 Å². The molecule has 0 radical (unpaired) electrons. The highest BCUT2D eigenvalue weighted by atomic mass is 19.4. The van der Waals surface area contributed by atoms with Gasteiger partial charge in [-0.2, -0.15) is 18.4 Å². The third-order valence-corrected chi connectivity index (χ3v) is 2.28. The Hall–Kier alpha value is -2.55. The smallest absolute Gasteiger partial charge is 0.321 e. The lowest BCUT2D eigenvalue weighted by Gasteiger charge is -2.10. The van der Waals surface area contributed by atoms with Crippen molar-refractivity contribution in [3.05, 3.63) is 64.6 Å². The number of H-pyrrole nitrogens is 1. The van der Waals surface area contributed by atoms with Crippen molar-refractivity contribution in [2.24, 2.45) is 0 Å². The van der Waals surface area contributed by atoms with Crippen LogP contribution in [-0.2, 0) is 6.18 Å². The third kappa shape index (κ3) is 3.01. The van der Waals surface area contributed by atoms with Crippen molar-refractivity contribution in [2.45, 2.75) is 6.18 Å². The molecule has 0 aliphatic carbocycles. The number of allylic oxidation sites excluding steroid dienone is 4. The molecule has 0 aromatic carbocycles. The normalized spacial score (nSPS) is 11.8. The molecule has 0 atom stereocenters. The van der Waals surface area contributed by atoms with Crippen molar-refractivity contribution >= 4 is 5.57 Å². The molecule has 0 amide bonds. The van der Waals surface area contributed by atoms with E-state index in [0.717, 1.165) is 0 Å². The molecule has 0 saturated heterocycles. The molecule has 6 heteroatoms. The molecule has 0 saturated carbocycles. The lowest BCUT2D eigenvalue weighted by Crippen LogP contribution is -2.20. The maximum atomic E-state index is 12.8. The first-order valence-corrected chi connectivity index (χ1v) is 5.05. The Kier molecular flexibility index (Phi) is 4.12. The standard InChI is InChI=1S/C13H9F3N2O/c1-3-5-8(4-2)11-6-10(13(14,15)16)9(7-17)12(19)18-11/h3-6H,1-2H2,(H,18,19)/b8-5+. The van der Waals surface area contributed by atoms with E-state index in [0.29, 0.717) is 6.07 Å². The van der Waals surface area contributed by atoms with Crippen LogP contribution in [0.25, 0.3) is 5.57 Å². The molecular formula is C13H9F3N2O. The topological polar surface area (TPSA) is 56.6 Å². The van der Waals surface area contributed by atoms with Crippen molar-refractivity contribution in [2.75, 3.05) is 0 Å². The van der Waals surface area contributed by atoms with E-state index >= 15 is 0 Å². The Labute approximate surface area is 107 Å². The second-order valence-corrected chi connectivity index (χ2v) is 3.47. The lowest BCUT2D eigenvalue weighted by molar-refractivity contribution is -0.137. The van der Waals surface area contributed by atoms with E-state index in [2.05, 4.69) is 18.1 Å². The van der Waals surface area contributed by atoms with Crippen molar-refractivity contribution in [1.29, 1.82) is 5.26 Å². The molecule has 1 aromatic heterocycles. The highest BCUT2D eigenvalue weighted by Gasteiger charge is 2.35. The minimum Gasteiger partial charge on any atom is -0.321 e. The molecule has 1 rings (SSSR count). The molecule has 1 aromatic rings. The number of rotatable bonds is 3. The summed E-state index contributed by atoms with van der Waals surface area (Å²) in [6.45, 7) is 6.85. The predicted molar refractivity (Wildman–Crippen MR) is 65.2 cm³/mol. The number of hydrogen-bond donors (Lipinski definition) is 1. The second kappa shape index (κ2) is 5.40. The molecule has 3 nitrogen and oxygen atoms in total. The number of nitriles is 1. The number of hydrogen-bond acceptors (Lipinski definition) is 2. The molecule has 1 N–H and O–H groups in total. The zero-order chi connectivity index (χ0) is 14.6. The van der Waals surface area contributed by atoms with Crippen LogP contribution in [-0.4, -0.2) is 4.98 Å². The van der Waals surface area contributed by atoms with Crippen LogP contribution in [0, 0.1) is 11.3 Å². The molecule has 0 aliphatic heterocycles. The van der Waals surface area contributed by atoms with Gasteiger partial charge in [0.05, 0.1) is 5.56 Å². The second-order valence-electron chi connectivity index (χ2n) is 3.47. The molecule has 0 fully saturated rings. The Bertz CT molecular complexity index is 645. The summed E-state index contributed by atoms with van der Waals surface area (Å²) in [6.07, 6.45) is -0.765. The monoisotopic (exact) mass is 266 g/mol. The molecule has 0 bridgehead atoms. The van der Waals surface area contributed by atoms with Gasteiger partial charge in [0.25, 0.3) is 5.56 Å². The van der Waals surface area contributed by atoms with Crippen LogP contribution >= 0.6 is 0 Å². The predicted octanol–water partition coefficient (Wildman–Crippen LogP) is 3.02. The largest absolute Gasteiger partial charge is 0.417 e. The van der Waals surface area contributed by atoms with Gasteiger partial charge in [-0.3, -0.25) is 4.79 Å². The average molecular weight is 266 g/mol. The summed E-state index contributed by atoms with van der Waals surface area (Å²) in [6, 6.07) is 1.96. The summed E-state index contributed by atoms with van der Waals surface area (Å²) in [4.78, 5) is 13.7. The summed E-state index contributed by atoms with van der Waals surface area (Å²) < 4.78 is 38.3. The van der Waals surface area contributed by atoms with Crippen LogP contribution < -0.4 is 5.56 Å². The van der Waals surface area contributed by atoms with E-state index in [9.17, 15) is 18.0 Å². The van der Waals surface area contributed by atoms with Crippen LogP contribution in [0.15, 0.2) is 42.2 Å². The fourth-order valence-corrected chi connectivity index (χ4v) is 1.44. The van der Waals surface area contributed by atoms with Crippen molar-refractivity contribution < 1.29 is 13.2 Å². The van der Waals surface area contributed by atoms with Gasteiger partial charge in [-0.05, 0) is 11.6 Å². The van der Waals surface area contributed by atoms with Gasteiger partial charge in [-0.25, -0.2) is 0 Å². The number of aromatic amines is 1. The highest BCUT2D eigenvalue weighted by Crippen LogP contribution is 2.31. The SMILES string of the molecule is C=C/C=C(\C=C)c1cc(C(F)(F)F)c(C#N)c(=O)[nH]1. The molecule has 98 valence electrons. The van der Waals surface area contributed by atoms with Gasteiger partial charge in [0.15, 0.2) is 0 Å². The van der Waals surface area contributed by atoms with Gasteiger partial charge < -0.3 is 4.98 Å². The summed E-state index contributed by atoms with van der Waals surface area (Å²) >= 11 is 0. The van der Waals surface area contributed by atoms with Gasteiger partial charge in [-0.15, -0.1) is 0 Å². The zero-order valence-corrected chi connectivity index (χ0v) is 9.71. The first kappa shape index (κ1) is 14.5. The van der Waals surface area contributed by atoms with E-state index in [1.165, 1.54) is 24.3 Å². The lowest BCUT2D eigenvalue weighted by atomic mass is 10.1. The Morgan fingerprint density at radius 1 is 1.42 bits per heavy atom. The van der Waals surface area contributed by atoms with Crippen LogP contribution in [0.1, 0.15) is 16.8 Å². The van der Waals surface area contributed by atoms with Gasteiger partial charge in [0, 0.05) is 5.69 Å². The number of alkyl halides is 3. The molecule has 0 unspecified atom stereocenters. The minimum atomic E-state index is -4.78. The number of aromatic nitrogens is 1. The molecule has 19 heavy (non-hydrogen) atoms. The summed E-state index contributed by atoms with van der Waals surface area (Å²) in [7, 11) is 0.